The summed E-state index contributed by atoms with van der Waals surface area (Å²) in [6.07, 6.45) is 7.90. The highest BCUT2D eigenvalue weighted by atomic mass is 16.1. The van der Waals surface area contributed by atoms with Crippen molar-refractivity contribution in [3.63, 3.8) is 0 Å². The molecule has 0 N–H and O–H groups in total. The third kappa shape index (κ3) is 6.35. The quantitative estimate of drug-likeness (QED) is 0.487. The number of aliphatic imine (C=N–C) groups is 1. The molecule has 0 fully saturated rings. The summed E-state index contributed by atoms with van der Waals surface area (Å²) >= 11 is 0. The minimum Gasteiger partial charge on any atom is -0.295 e. The molecule has 0 saturated carbocycles. The zero-order valence-electron chi connectivity index (χ0n) is 9.45. The van der Waals surface area contributed by atoms with E-state index in [1.54, 1.807) is 19.2 Å². The second kappa shape index (κ2) is 7.25. The molecule has 0 aromatic carbocycles. The molecule has 2 nitrogen and oxygen atoms in total. The van der Waals surface area contributed by atoms with Gasteiger partial charge in [0.05, 0.1) is 0 Å². The number of nitrogens with zero attached hydrogens (tertiary/aromatic N) is 1. The molecule has 0 rings (SSSR count). The fourth-order valence-corrected chi connectivity index (χ4v) is 0.953. The third-order valence-electron chi connectivity index (χ3n) is 1.74. The Bertz CT molecular complexity index is 259. The maximum atomic E-state index is 10.7. The van der Waals surface area contributed by atoms with Crippen LogP contribution in [0.1, 0.15) is 34.1 Å². The number of hydrogen-bond acceptors (Lipinski definition) is 2. The van der Waals surface area contributed by atoms with Gasteiger partial charge in [0.1, 0.15) is 0 Å². The standard InChI is InChI=1S/C12H19NO/c1-5-9-13-12(10(2)3)8-6-7-11(4)14/h5-7,9-10H,8H2,1-4H3/b7-6+,9-5-,13-12?. The fraction of sp³-hybridized carbons (Fsp3) is 0.500. The van der Waals surface area contributed by atoms with E-state index >= 15 is 0 Å². The fourth-order valence-electron chi connectivity index (χ4n) is 0.953. The lowest BCUT2D eigenvalue weighted by Crippen LogP contribution is -2.05. The third-order valence-corrected chi connectivity index (χ3v) is 1.74. The van der Waals surface area contributed by atoms with E-state index in [2.05, 4.69) is 18.8 Å². The smallest absolute Gasteiger partial charge is 0.152 e. The van der Waals surface area contributed by atoms with Crippen molar-refractivity contribution in [3.8, 4) is 0 Å². The van der Waals surface area contributed by atoms with Crippen LogP contribution in [0.2, 0.25) is 0 Å². The van der Waals surface area contributed by atoms with Crippen LogP contribution in [-0.4, -0.2) is 11.5 Å². The van der Waals surface area contributed by atoms with Gasteiger partial charge in [-0.1, -0.05) is 26.0 Å². The second-order valence-corrected chi connectivity index (χ2v) is 3.47. The lowest BCUT2D eigenvalue weighted by Gasteiger charge is -2.05. The summed E-state index contributed by atoms with van der Waals surface area (Å²) in [6.45, 7) is 7.69. The Morgan fingerprint density at radius 3 is 2.50 bits per heavy atom. The highest BCUT2D eigenvalue weighted by Gasteiger charge is 2.01. The monoisotopic (exact) mass is 193 g/mol. The summed E-state index contributed by atoms with van der Waals surface area (Å²) in [4.78, 5) is 15.0. The van der Waals surface area contributed by atoms with Gasteiger partial charge in [-0.2, -0.15) is 0 Å². The zero-order chi connectivity index (χ0) is 11.0. The van der Waals surface area contributed by atoms with E-state index in [0.717, 1.165) is 12.1 Å². The van der Waals surface area contributed by atoms with E-state index in [9.17, 15) is 4.79 Å². The van der Waals surface area contributed by atoms with Crippen molar-refractivity contribution in [1.82, 2.24) is 0 Å². The number of ketones is 1. The van der Waals surface area contributed by atoms with Crippen LogP contribution in [0.5, 0.6) is 0 Å². The van der Waals surface area contributed by atoms with Crippen LogP contribution in [0, 0.1) is 5.92 Å². The van der Waals surface area contributed by atoms with Gasteiger partial charge in [-0.3, -0.25) is 9.79 Å². The van der Waals surface area contributed by atoms with Gasteiger partial charge in [0.2, 0.25) is 0 Å². The number of rotatable bonds is 5. The molecule has 0 aromatic heterocycles. The van der Waals surface area contributed by atoms with Gasteiger partial charge < -0.3 is 0 Å². The molecular formula is C12H19NO. The molecule has 0 spiro atoms. The molecule has 2 heteroatoms. The van der Waals surface area contributed by atoms with Crippen molar-refractivity contribution in [1.29, 1.82) is 0 Å². The molecule has 78 valence electrons. The minimum atomic E-state index is 0.0825. The van der Waals surface area contributed by atoms with Crippen molar-refractivity contribution in [2.24, 2.45) is 10.9 Å². The van der Waals surface area contributed by atoms with Crippen LogP contribution in [0.15, 0.2) is 29.4 Å². The molecule has 0 aliphatic heterocycles. The topological polar surface area (TPSA) is 29.4 Å². The molecule has 0 aliphatic rings. The average molecular weight is 193 g/mol. The van der Waals surface area contributed by atoms with Crippen LogP contribution in [0.3, 0.4) is 0 Å². The zero-order valence-corrected chi connectivity index (χ0v) is 9.45. The predicted molar refractivity (Wildman–Crippen MR) is 61.5 cm³/mol. The average Bonchev–Trinajstić information content (AvgIpc) is 2.09. The Morgan fingerprint density at radius 2 is 2.07 bits per heavy atom. The highest BCUT2D eigenvalue weighted by Crippen LogP contribution is 2.03. The predicted octanol–water partition coefficient (Wildman–Crippen LogP) is 3.15. The van der Waals surface area contributed by atoms with Crippen molar-refractivity contribution < 1.29 is 4.79 Å². The molecule has 0 heterocycles. The number of carbonyl (C=O) groups is 1. The SMILES string of the molecule is C/C=C\N=C(C/C=C/C(C)=O)C(C)C. The molecule has 0 aliphatic carbocycles. The summed E-state index contributed by atoms with van der Waals surface area (Å²) in [6, 6.07) is 0. The first-order chi connectivity index (χ1) is 6.57. The number of carbonyl (C=O) groups excluding carboxylic acids is 1. The van der Waals surface area contributed by atoms with Crippen LogP contribution in [-0.2, 0) is 4.79 Å². The lowest BCUT2D eigenvalue weighted by atomic mass is 10.0. The van der Waals surface area contributed by atoms with Crippen LogP contribution < -0.4 is 0 Å². The number of allylic oxidation sites excluding steroid dienone is 3. The Balaban J connectivity index is 4.32. The van der Waals surface area contributed by atoms with E-state index in [1.165, 1.54) is 0 Å². The van der Waals surface area contributed by atoms with E-state index in [1.807, 2.05) is 19.1 Å². The molecule has 0 atom stereocenters. The van der Waals surface area contributed by atoms with E-state index in [-0.39, 0.29) is 5.78 Å². The van der Waals surface area contributed by atoms with Gasteiger partial charge in [0, 0.05) is 18.3 Å². The summed E-state index contributed by atoms with van der Waals surface area (Å²) in [5.41, 5.74) is 1.10. The van der Waals surface area contributed by atoms with Gasteiger partial charge in [0.15, 0.2) is 5.78 Å². The van der Waals surface area contributed by atoms with Crippen molar-refractivity contribution in [2.75, 3.05) is 0 Å². The maximum Gasteiger partial charge on any atom is 0.152 e. The Labute approximate surface area is 86.4 Å². The first-order valence-electron chi connectivity index (χ1n) is 4.92. The van der Waals surface area contributed by atoms with Crippen molar-refractivity contribution in [3.05, 3.63) is 24.4 Å². The van der Waals surface area contributed by atoms with E-state index < -0.39 is 0 Å². The van der Waals surface area contributed by atoms with Crippen molar-refractivity contribution in [2.45, 2.75) is 34.1 Å². The number of hydrogen-bond donors (Lipinski definition) is 0. The molecule has 0 amide bonds. The summed E-state index contributed by atoms with van der Waals surface area (Å²) < 4.78 is 0. The molecule has 0 radical (unpaired) electrons. The molecular weight excluding hydrogens is 174 g/mol. The largest absolute Gasteiger partial charge is 0.295 e. The second-order valence-electron chi connectivity index (χ2n) is 3.47. The minimum absolute atomic E-state index is 0.0825. The van der Waals surface area contributed by atoms with Crippen LogP contribution in [0.4, 0.5) is 0 Å². The van der Waals surface area contributed by atoms with Crippen LogP contribution >= 0.6 is 0 Å². The molecule has 14 heavy (non-hydrogen) atoms. The van der Waals surface area contributed by atoms with Crippen LogP contribution in [0.25, 0.3) is 0 Å². The highest BCUT2D eigenvalue weighted by molar-refractivity contribution is 5.91. The van der Waals surface area contributed by atoms with Gasteiger partial charge in [0.25, 0.3) is 0 Å². The summed E-state index contributed by atoms with van der Waals surface area (Å²) in [5.74, 6) is 0.502. The Kier molecular flexibility index (Phi) is 6.63. The Hall–Kier alpha value is -1.18. The van der Waals surface area contributed by atoms with Gasteiger partial charge >= 0.3 is 0 Å². The van der Waals surface area contributed by atoms with Gasteiger partial charge in [-0.25, -0.2) is 0 Å². The molecule has 0 unspecified atom stereocenters. The van der Waals surface area contributed by atoms with E-state index in [4.69, 9.17) is 0 Å². The first kappa shape index (κ1) is 12.8. The normalized spacial score (nSPS) is 13.4. The lowest BCUT2D eigenvalue weighted by molar-refractivity contribution is -0.112. The van der Waals surface area contributed by atoms with Crippen molar-refractivity contribution >= 4 is 11.5 Å². The van der Waals surface area contributed by atoms with Gasteiger partial charge in [-0.05, 0) is 25.8 Å². The summed E-state index contributed by atoms with van der Waals surface area (Å²) in [7, 11) is 0. The summed E-state index contributed by atoms with van der Waals surface area (Å²) in [5, 5.41) is 0. The molecule has 0 bridgehead atoms. The molecule has 0 aromatic rings. The maximum absolute atomic E-state index is 10.7. The molecule has 0 saturated heterocycles. The van der Waals surface area contributed by atoms with Gasteiger partial charge in [-0.15, -0.1) is 0 Å². The first-order valence-corrected chi connectivity index (χ1v) is 4.92. The Morgan fingerprint density at radius 1 is 1.43 bits per heavy atom. The van der Waals surface area contributed by atoms with E-state index in [0.29, 0.717) is 5.92 Å².